The van der Waals surface area contributed by atoms with Crippen LogP contribution in [0.2, 0.25) is 0 Å². The average Bonchev–Trinajstić information content (AvgIpc) is 1.84. The third-order valence-electron chi connectivity index (χ3n) is 1.18. The van der Waals surface area contributed by atoms with E-state index in [-0.39, 0.29) is 12.0 Å². The molecule has 0 spiro atoms. The third kappa shape index (κ3) is 5.89. The molecule has 0 unspecified atom stereocenters. The fourth-order valence-electron chi connectivity index (χ4n) is 0.907. The Morgan fingerprint density at radius 2 is 2.08 bits per heavy atom. The van der Waals surface area contributed by atoms with Crippen LogP contribution in [0.15, 0.2) is 4.99 Å². The zero-order valence-electron chi connectivity index (χ0n) is 8.26. The quantitative estimate of drug-likeness (QED) is 0.478. The number of esters is 1. The van der Waals surface area contributed by atoms with Crippen molar-refractivity contribution in [2.45, 2.75) is 40.2 Å². The van der Waals surface area contributed by atoms with Crippen molar-refractivity contribution < 1.29 is 9.53 Å². The van der Waals surface area contributed by atoms with Crippen molar-refractivity contribution in [1.29, 1.82) is 0 Å². The van der Waals surface area contributed by atoms with E-state index in [9.17, 15) is 4.79 Å². The lowest BCUT2D eigenvalue weighted by molar-refractivity contribution is -0.141. The highest BCUT2D eigenvalue weighted by Gasteiger charge is 2.03. The van der Waals surface area contributed by atoms with E-state index in [4.69, 9.17) is 4.74 Å². The van der Waals surface area contributed by atoms with Crippen molar-refractivity contribution in [2.75, 3.05) is 6.61 Å². The summed E-state index contributed by atoms with van der Waals surface area (Å²) in [5.41, 5.74) is 0.837. The van der Waals surface area contributed by atoms with Crippen molar-refractivity contribution in [3.8, 4) is 0 Å². The molecule has 0 radical (unpaired) electrons. The first kappa shape index (κ1) is 11.1. The number of carbonyl (C=O) groups excluding carboxylic acids is 1. The second kappa shape index (κ2) is 5.75. The van der Waals surface area contributed by atoms with Crippen molar-refractivity contribution in [1.82, 2.24) is 0 Å². The summed E-state index contributed by atoms with van der Waals surface area (Å²) in [6.45, 7) is 8.04. The van der Waals surface area contributed by atoms with E-state index >= 15 is 0 Å². The van der Waals surface area contributed by atoms with Crippen molar-refractivity contribution in [3.05, 3.63) is 0 Å². The summed E-state index contributed by atoms with van der Waals surface area (Å²) in [6.07, 6.45) is 0.312. The van der Waals surface area contributed by atoms with Gasteiger partial charge in [-0.15, -0.1) is 0 Å². The molecule has 0 atom stereocenters. The Labute approximate surface area is 73.8 Å². The summed E-state index contributed by atoms with van der Waals surface area (Å²) in [5.74, 6) is -0.195. The number of hydrogen-bond acceptors (Lipinski definition) is 3. The van der Waals surface area contributed by atoms with Gasteiger partial charge >= 0.3 is 5.97 Å². The molecular weight excluding hydrogens is 154 g/mol. The molecular formula is C9H17NO2. The van der Waals surface area contributed by atoms with Crippen LogP contribution in [0.4, 0.5) is 0 Å². The summed E-state index contributed by atoms with van der Waals surface area (Å²) < 4.78 is 4.77. The van der Waals surface area contributed by atoms with Gasteiger partial charge in [-0.2, -0.15) is 0 Å². The number of rotatable bonds is 4. The van der Waals surface area contributed by atoms with Crippen molar-refractivity contribution in [3.63, 3.8) is 0 Å². The van der Waals surface area contributed by atoms with Crippen LogP contribution in [0, 0.1) is 0 Å². The molecule has 3 heteroatoms. The number of aliphatic imine (C=N–C) groups is 1. The first-order chi connectivity index (χ1) is 5.56. The van der Waals surface area contributed by atoms with Gasteiger partial charge in [-0.25, -0.2) is 0 Å². The fraction of sp³-hybridized carbons (Fsp3) is 0.778. The molecule has 0 aliphatic heterocycles. The van der Waals surface area contributed by atoms with E-state index in [1.165, 1.54) is 0 Å². The van der Waals surface area contributed by atoms with Crippen LogP contribution in [-0.4, -0.2) is 24.3 Å². The molecule has 0 amide bonds. The van der Waals surface area contributed by atoms with Gasteiger partial charge in [-0.3, -0.25) is 9.79 Å². The summed E-state index contributed by atoms with van der Waals surface area (Å²) in [4.78, 5) is 15.1. The molecule has 0 saturated carbocycles. The molecule has 0 aliphatic rings. The molecule has 0 aromatic heterocycles. The highest BCUT2D eigenvalue weighted by Crippen LogP contribution is 1.94. The molecule has 0 saturated heterocycles. The van der Waals surface area contributed by atoms with Crippen molar-refractivity contribution in [2.24, 2.45) is 4.99 Å². The molecule has 0 N–H and O–H groups in total. The minimum absolute atomic E-state index is 0.195. The van der Waals surface area contributed by atoms with Gasteiger partial charge in [0.25, 0.3) is 0 Å². The largest absolute Gasteiger partial charge is 0.466 e. The maximum Gasteiger partial charge on any atom is 0.311 e. The zero-order chi connectivity index (χ0) is 9.56. The molecule has 0 aromatic carbocycles. The van der Waals surface area contributed by atoms with Gasteiger partial charge in [0.2, 0.25) is 0 Å². The minimum Gasteiger partial charge on any atom is -0.466 e. The summed E-state index contributed by atoms with van der Waals surface area (Å²) in [5, 5.41) is 0. The maximum atomic E-state index is 10.9. The van der Waals surface area contributed by atoms with Gasteiger partial charge in [-0.05, 0) is 27.7 Å². The van der Waals surface area contributed by atoms with Crippen molar-refractivity contribution >= 4 is 11.7 Å². The highest BCUT2D eigenvalue weighted by molar-refractivity contribution is 5.97. The zero-order valence-corrected chi connectivity index (χ0v) is 8.26. The first-order valence-electron chi connectivity index (χ1n) is 4.25. The van der Waals surface area contributed by atoms with Gasteiger partial charge in [0.05, 0.1) is 13.0 Å². The SMILES string of the molecule is CCOC(=O)CC(C)=NC(C)C. The van der Waals surface area contributed by atoms with Gasteiger partial charge in [0.15, 0.2) is 0 Å². The molecule has 3 nitrogen and oxygen atoms in total. The Bertz CT molecular complexity index is 173. The molecule has 0 fully saturated rings. The lowest BCUT2D eigenvalue weighted by Gasteiger charge is -2.02. The minimum atomic E-state index is -0.195. The molecule has 0 rings (SSSR count). The summed E-state index contributed by atoms with van der Waals surface area (Å²) in [7, 11) is 0. The Kier molecular flexibility index (Phi) is 5.34. The van der Waals surface area contributed by atoms with E-state index in [2.05, 4.69) is 4.99 Å². The Morgan fingerprint density at radius 1 is 1.50 bits per heavy atom. The standard InChI is InChI=1S/C9H17NO2/c1-5-12-9(11)6-8(4)10-7(2)3/h7H,5-6H2,1-4H3. The Balaban J connectivity index is 3.83. The third-order valence-corrected chi connectivity index (χ3v) is 1.18. The predicted molar refractivity (Wildman–Crippen MR) is 49.5 cm³/mol. The highest BCUT2D eigenvalue weighted by atomic mass is 16.5. The Morgan fingerprint density at radius 3 is 2.50 bits per heavy atom. The van der Waals surface area contributed by atoms with E-state index in [0.717, 1.165) is 5.71 Å². The van der Waals surface area contributed by atoms with Crippen LogP contribution in [0.25, 0.3) is 0 Å². The topological polar surface area (TPSA) is 38.7 Å². The Hall–Kier alpha value is -0.860. The molecule has 0 heterocycles. The molecule has 0 aliphatic carbocycles. The van der Waals surface area contributed by atoms with E-state index in [0.29, 0.717) is 13.0 Å². The van der Waals surface area contributed by atoms with Gasteiger partial charge in [0.1, 0.15) is 0 Å². The van der Waals surface area contributed by atoms with Gasteiger partial charge < -0.3 is 4.74 Å². The lowest BCUT2D eigenvalue weighted by atomic mass is 10.3. The normalized spacial score (nSPS) is 11.9. The van der Waals surface area contributed by atoms with Crippen LogP contribution in [0.3, 0.4) is 0 Å². The predicted octanol–water partition coefficient (Wildman–Crippen LogP) is 1.81. The van der Waals surface area contributed by atoms with E-state index < -0.39 is 0 Å². The second-order valence-electron chi connectivity index (χ2n) is 2.94. The van der Waals surface area contributed by atoms with Crippen LogP contribution in [0.5, 0.6) is 0 Å². The molecule has 70 valence electrons. The van der Waals surface area contributed by atoms with E-state index in [1.54, 1.807) is 6.92 Å². The van der Waals surface area contributed by atoms with Crippen LogP contribution in [-0.2, 0) is 9.53 Å². The molecule has 0 aromatic rings. The number of nitrogens with zero attached hydrogens (tertiary/aromatic N) is 1. The fourth-order valence-corrected chi connectivity index (χ4v) is 0.907. The van der Waals surface area contributed by atoms with Crippen LogP contribution >= 0.6 is 0 Å². The monoisotopic (exact) mass is 171 g/mol. The average molecular weight is 171 g/mol. The summed E-state index contributed by atoms with van der Waals surface area (Å²) >= 11 is 0. The van der Waals surface area contributed by atoms with Crippen LogP contribution < -0.4 is 0 Å². The van der Waals surface area contributed by atoms with Gasteiger partial charge in [-0.1, -0.05) is 0 Å². The number of carbonyl (C=O) groups is 1. The molecule has 12 heavy (non-hydrogen) atoms. The number of hydrogen-bond donors (Lipinski definition) is 0. The second-order valence-corrected chi connectivity index (χ2v) is 2.94. The van der Waals surface area contributed by atoms with E-state index in [1.807, 2.05) is 20.8 Å². The molecule has 0 bridgehead atoms. The maximum absolute atomic E-state index is 10.9. The smallest absolute Gasteiger partial charge is 0.311 e. The number of ether oxygens (including phenoxy) is 1. The van der Waals surface area contributed by atoms with Crippen LogP contribution in [0.1, 0.15) is 34.1 Å². The first-order valence-corrected chi connectivity index (χ1v) is 4.25. The lowest BCUT2D eigenvalue weighted by Crippen LogP contribution is -2.10. The summed E-state index contributed by atoms with van der Waals surface area (Å²) in [6, 6.07) is 0.249. The van der Waals surface area contributed by atoms with Gasteiger partial charge in [0, 0.05) is 11.8 Å².